The van der Waals surface area contributed by atoms with E-state index >= 15 is 0 Å². The normalized spacial score (nSPS) is 19.1. The number of rotatable bonds is 4. The Hall–Kier alpha value is -3.15. The van der Waals surface area contributed by atoms with E-state index in [0.29, 0.717) is 18.5 Å². The van der Waals surface area contributed by atoms with E-state index in [1.807, 2.05) is 24.3 Å². The third kappa shape index (κ3) is 2.83. The van der Waals surface area contributed by atoms with Gasteiger partial charge >= 0.3 is 0 Å². The minimum atomic E-state index is -0.290. The molecule has 6 heteroatoms. The fourth-order valence-electron chi connectivity index (χ4n) is 3.42. The quantitative estimate of drug-likeness (QED) is 0.759. The molecule has 0 radical (unpaired) electrons. The van der Waals surface area contributed by atoms with Crippen molar-refractivity contribution in [1.29, 1.82) is 0 Å². The molecule has 0 spiro atoms. The number of amides is 2. The van der Waals surface area contributed by atoms with E-state index in [1.54, 1.807) is 18.0 Å². The van der Waals surface area contributed by atoms with Gasteiger partial charge in [-0.2, -0.15) is 5.10 Å². The molecule has 0 atom stereocenters. The van der Waals surface area contributed by atoms with Crippen LogP contribution in [0.3, 0.4) is 0 Å². The fourth-order valence-corrected chi connectivity index (χ4v) is 3.42. The Bertz CT molecular complexity index is 988. The van der Waals surface area contributed by atoms with Crippen molar-refractivity contribution < 1.29 is 9.59 Å². The van der Waals surface area contributed by atoms with Gasteiger partial charge in [0, 0.05) is 24.6 Å². The highest BCUT2D eigenvalue weighted by Crippen LogP contribution is 2.31. The van der Waals surface area contributed by atoms with Gasteiger partial charge in [-0.25, -0.2) is 0 Å². The lowest BCUT2D eigenvalue weighted by Gasteiger charge is -2.39. The lowest BCUT2D eigenvalue weighted by atomic mass is 9.79. The first-order valence-corrected chi connectivity index (χ1v) is 8.64. The molecule has 1 fully saturated rings. The summed E-state index contributed by atoms with van der Waals surface area (Å²) in [5, 5.41) is 9.43. The van der Waals surface area contributed by atoms with E-state index < -0.39 is 0 Å². The second kappa shape index (κ2) is 6.29. The number of nitrogens with one attached hydrogen (secondary N) is 1. The van der Waals surface area contributed by atoms with Gasteiger partial charge in [0.2, 0.25) is 5.91 Å². The molecule has 132 valence electrons. The molecule has 1 saturated carbocycles. The van der Waals surface area contributed by atoms with Crippen molar-refractivity contribution in [3.63, 3.8) is 0 Å². The maximum Gasteiger partial charge on any atom is 0.271 e. The van der Waals surface area contributed by atoms with Crippen LogP contribution >= 0.6 is 0 Å². The lowest BCUT2D eigenvalue weighted by Crippen LogP contribution is -2.49. The fraction of sp³-hybridized carbons (Fsp3) is 0.250. The first kappa shape index (κ1) is 16.3. The molecular weight excluding hydrogens is 328 g/mol. The van der Waals surface area contributed by atoms with Crippen LogP contribution in [0.5, 0.6) is 0 Å². The topological polar surface area (TPSA) is 92.1 Å². The number of hydrogen-bond acceptors (Lipinski definition) is 3. The van der Waals surface area contributed by atoms with Gasteiger partial charge in [-0.1, -0.05) is 36.4 Å². The number of hydrogen-bond donors (Lipinski definition) is 2. The minimum absolute atomic E-state index is 0.0485. The standard InChI is InChI=1S/C20H20N4O2/c1-24(16-9-15(10-16)19(21)25)20(26)18-11-17(22-23-18)14-7-6-12-4-2-3-5-13(12)8-14/h2-8,11,15-16H,9-10H2,1H3,(H2,21,25)(H,22,23). The van der Waals surface area contributed by atoms with Gasteiger partial charge in [-0.15, -0.1) is 0 Å². The third-order valence-corrected chi connectivity index (χ3v) is 5.24. The monoisotopic (exact) mass is 348 g/mol. The number of fused-ring (bicyclic) bond motifs is 1. The van der Waals surface area contributed by atoms with E-state index in [2.05, 4.69) is 28.4 Å². The molecule has 4 rings (SSSR count). The van der Waals surface area contributed by atoms with Crippen molar-refractivity contribution >= 4 is 22.6 Å². The number of benzene rings is 2. The van der Waals surface area contributed by atoms with Crippen molar-refractivity contribution in [1.82, 2.24) is 15.1 Å². The first-order valence-electron chi connectivity index (χ1n) is 8.64. The van der Waals surface area contributed by atoms with Crippen LogP contribution in [0.15, 0.2) is 48.5 Å². The Morgan fingerprint density at radius 3 is 2.58 bits per heavy atom. The summed E-state index contributed by atoms with van der Waals surface area (Å²) in [5.41, 5.74) is 7.43. The van der Waals surface area contributed by atoms with E-state index in [-0.39, 0.29) is 23.8 Å². The summed E-state index contributed by atoms with van der Waals surface area (Å²) >= 11 is 0. The van der Waals surface area contributed by atoms with Crippen molar-refractivity contribution in [3.05, 3.63) is 54.2 Å². The summed E-state index contributed by atoms with van der Waals surface area (Å²) in [6.07, 6.45) is 1.26. The van der Waals surface area contributed by atoms with E-state index in [9.17, 15) is 9.59 Å². The van der Waals surface area contributed by atoms with Gasteiger partial charge in [0.1, 0.15) is 5.69 Å². The highest BCUT2D eigenvalue weighted by Gasteiger charge is 2.37. The molecule has 0 saturated heterocycles. The molecule has 1 aliphatic rings. The zero-order chi connectivity index (χ0) is 18.3. The number of aromatic amines is 1. The zero-order valence-electron chi connectivity index (χ0n) is 14.5. The predicted octanol–water partition coefficient (Wildman–Crippen LogP) is 2.57. The van der Waals surface area contributed by atoms with Crippen LogP contribution in [0.4, 0.5) is 0 Å². The molecule has 1 aromatic heterocycles. The third-order valence-electron chi connectivity index (χ3n) is 5.24. The molecule has 1 aliphatic carbocycles. The van der Waals surface area contributed by atoms with Gasteiger partial charge < -0.3 is 10.6 Å². The van der Waals surface area contributed by atoms with Gasteiger partial charge in [-0.3, -0.25) is 14.7 Å². The van der Waals surface area contributed by atoms with Gasteiger partial charge in [0.25, 0.3) is 5.91 Å². The Morgan fingerprint density at radius 1 is 1.12 bits per heavy atom. The molecular formula is C20H20N4O2. The molecule has 1 heterocycles. The molecule has 6 nitrogen and oxygen atoms in total. The summed E-state index contributed by atoms with van der Waals surface area (Å²) < 4.78 is 0. The maximum atomic E-state index is 12.7. The zero-order valence-corrected chi connectivity index (χ0v) is 14.5. The molecule has 26 heavy (non-hydrogen) atoms. The van der Waals surface area contributed by atoms with Crippen LogP contribution in [0, 0.1) is 5.92 Å². The minimum Gasteiger partial charge on any atom is -0.369 e. The van der Waals surface area contributed by atoms with Crippen molar-refractivity contribution in [2.45, 2.75) is 18.9 Å². The van der Waals surface area contributed by atoms with Gasteiger partial charge in [0.15, 0.2) is 0 Å². The number of nitrogens with zero attached hydrogens (tertiary/aromatic N) is 2. The van der Waals surface area contributed by atoms with E-state index in [1.165, 1.54) is 0 Å². The Kier molecular flexibility index (Phi) is 3.95. The molecule has 3 aromatic rings. The lowest BCUT2D eigenvalue weighted by molar-refractivity contribution is -0.125. The maximum absolute atomic E-state index is 12.7. The highest BCUT2D eigenvalue weighted by molar-refractivity contribution is 5.94. The second-order valence-electron chi connectivity index (χ2n) is 6.87. The van der Waals surface area contributed by atoms with Gasteiger partial charge in [-0.05, 0) is 35.7 Å². The molecule has 2 aromatic carbocycles. The summed E-state index contributed by atoms with van der Waals surface area (Å²) in [6, 6.07) is 16.0. The highest BCUT2D eigenvalue weighted by atomic mass is 16.2. The van der Waals surface area contributed by atoms with Crippen LogP contribution in [0.1, 0.15) is 23.3 Å². The van der Waals surface area contributed by atoms with Crippen LogP contribution in [0.2, 0.25) is 0 Å². The molecule has 0 unspecified atom stereocenters. The summed E-state index contributed by atoms with van der Waals surface area (Å²) in [5.74, 6) is -0.537. The predicted molar refractivity (Wildman–Crippen MR) is 99.3 cm³/mol. The number of carbonyl (C=O) groups excluding carboxylic acids is 2. The smallest absolute Gasteiger partial charge is 0.271 e. The van der Waals surface area contributed by atoms with E-state index in [0.717, 1.165) is 22.0 Å². The second-order valence-corrected chi connectivity index (χ2v) is 6.87. The molecule has 0 bridgehead atoms. The molecule has 3 N–H and O–H groups in total. The van der Waals surface area contributed by atoms with Crippen molar-refractivity contribution in [3.8, 4) is 11.3 Å². The number of H-pyrrole nitrogens is 1. The molecule has 2 amide bonds. The average Bonchev–Trinajstić information content (AvgIpc) is 3.09. The SMILES string of the molecule is CN(C(=O)c1cc(-c2ccc3ccccc3c2)n[nH]1)C1CC(C(N)=O)C1. The average molecular weight is 348 g/mol. The largest absolute Gasteiger partial charge is 0.369 e. The summed E-state index contributed by atoms with van der Waals surface area (Å²) in [4.78, 5) is 25.5. The Labute approximate surface area is 151 Å². The van der Waals surface area contributed by atoms with Gasteiger partial charge in [0.05, 0.1) is 5.69 Å². The van der Waals surface area contributed by atoms with E-state index in [4.69, 9.17) is 5.73 Å². The summed E-state index contributed by atoms with van der Waals surface area (Å²) in [6.45, 7) is 0. The Morgan fingerprint density at radius 2 is 1.85 bits per heavy atom. The first-order chi connectivity index (χ1) is 12.5. The number of primary amides is 1. The van der Waals surface area contributed by atoms with Crippen LogP contribution in [-0.4, -0.2) is 40.0 Å². The van der Waals surface area contributed by atoms with Crippen LogP contribution in [-0.2, 0) is 4.79 Å². The number of aromatic nitrogens is 2. The number of carbonyl (C=O) groups is 2. The van der Waals surface area contributed by atoms with Crippen LogP contribution < -0.4 is 5.73 Å². The Balaban J connectivity index is 1.51. The van der Waals surface area contributed by atoms with Crippen molar-refractivity contribution in [2.24, 2.45) is 11.7 Å². The molecule has 0 aliphatic heterocycles. The van der Waals surface area contributed by atoms with Crippen molar-refractivity contribution in [2.75, 3.05) is 7.05 Å². The summed E-state index contributed by atoms with van der Waals surface area (Å²) in [7, 11) is 1.75. The van der Waals surface area contributed by atoms with Crippen LogP contribution in [0.25, 0.3) is 22.0 Å². The number of nitrogens with two attached hydrogens (primary N) is 1.